The Morgan fingerprint density at radius 3 is 2.59 bits per heavy atom. The highest BCUT2D eigenvalue weighted by Gasteiger charge is 2.13. The van der Waals surface area contributed by atoms with Gasteiger partial charge in [0.2, 0.25) is 0 Å². The number of hydrogen-bond acceptors (Lipinski definition) is 2. The highest BCUT2D eigenvalue weighted by Crippen LogP contribution is 2.18. The molecule has 0 heterocycles. The molecule has 1 unspecified atom stereocenters. The molecule has 17 heavy (non-hydrogen) atoms. The van der Waals surface area contributed by atoms with Gasteiger partial charge in [-0.05, 0) is 26.8 Å². The summed E-state index contributed by atoms with van der Waals surface area (Å²) < 4.78 is 31.8. The first-order valence-corrected chi connectivity index (χ1v) is 5.81. The monoisotopic (exact) mass is 243 g/mol. The van der Waals surface area contributed by atoms with Gasteiger partial charge < -0.3 is 10.1 Å². The molecule has 0 aliphatic heterocycles. The summed E-state index contributed by atoms with van der Waals surface area (Å²) in [5.74, 6) is -1.59. The van der Waals surface area contributed by atoms with Crippen LogP contribution >= 0.6 is 0 Å². The molecule has 96 valence electrons. The van der Waals surface area contributed by atoms with Crippen molar-refractivity contribution >= 4 is 0 Å². The highest BCUT2D eigenvalue weighted by atomic mass is 19.2. The third-order valence-electron chi connectivity index (χ3n) is 2.45. The Bertz CT molecular complexity index is 355. The van der Waals surface area contributed by atoms with Gasteiger partial charge in [-0.1, -0.05) is 12.1 Å². The number of rotatable bonds is 6. The zero-order chi connectivity index (χ0) is 12.8. The normalized spacial score (nSPS) is 13.1. The van der Waals surface area contributed by atoms with Crippen molar-refractivity contribution in [2.75, 3.05) is 13.2 Å². The van der Waals surface area contributed by atoms with Gasteiger partial charge in [-0.2, -0.15) is 0 Å². The predicted octanol–water partition coefficient (Wildman–Crippen LogP) is 3.04. The lowest BCUT2D eigenvalue weighted by atomic mass is 10.1. The summed E-state index contributed by atoms with van der Waals surface area (Å²) in [6.07, 6.45) is 0.179. The molecule has 1 N–H and O–H groups in total. The first kappa shape index (κ1) is 14.1. The molecule has 0 saturated heterocycles. The minimum Gasteiger partial charge on any atom is -0.377 e. The van der Waals surface area contributed by atoms with Gasteiger partial charge in [0.1, 0.15) is 0 Å². The fraction of sp³-hybridized carbons (Fsp3) is 0.538. The molecule has 0 bridgehead atoms. The minimum atomic E-state index is -0.811. The van der Waals surface area contributed by atoms with Gasteiger partial charge in [0.05, 0.1) is 12.7 Å². The van der Waals surface area contributed by atoms with Crippen LogP contribution in [-0.4, -0.2) is 19.3 Å². The van der Waals surface area contributed by atoms with Crippen LogP contribution in [0.3, 0.4) is 0 Å². The Kier molecular flexibility index (Phi) is 5.51. The van der Waals surface area contributed by atoms with Crippen LogP contribution < -0.4 is 5.32 Å². The molecular weight excluding hydrogens is 224 g/mol. The van der Waals surface area contributed by atoms with Crippen LogP contribution in [0.2, 0.25) is 0 Å². The van der Waals surface area contributed by atoms with Gasteiger partial charge in [-0.25, -0.2) is 8.78 Å². The lowest BCUT2D eigenvalue weighted by Gasteiger charge is -2.16. The average Bonchev–Trinajstić information content (AvgIpc) is 2.27. The van der Waals surface area contributed by atoms with E-state index in [0.717, 1.165) is 6.07 Å². The zero-order valence-electron chi connectivity index (χ0n) is 10.5. The van der Waals surface area contributed by atoms with Crippen LogP contribution in [0.5, 0.6) is 0 Å². The molecule has 1 aromatic carbocycles. The molecule has 0 aliphatic carbocycles. The SMILES string of the molecule is CC(C)OCCNC(C)c1cccc(F)c1F. The Morgan fingerprint density at radius 1 is 1.24 bits per heavy atom. The molecule has 0 saturated carbocycles. The molecule has 0 fully saturated rings. The quantitative estimate of drug-likeness (QED) is 0.775. The van der Waals surface area contributed by atoms with E-state index in [4.69, 9.17) is 4.74 Å². The second-order valence-electron chi connectivity index (χ2n) is 4.24. The van der Waals surface area contributed by atoms with Crippen molar-refractivity contribution in [2.45, 2.75) is 32.9 Å². The molecule has 0 radical (unpaired) electrons. The van der Waals surface area contributed by atoms with E-state index in [1.54, 1.807) is 13.0 Å². The number of nitrogens with one attached hydrogen (secondary N) is 1. The number of halogens is 2. The van der Waals surface area contributed by atoms with E-state index in [-0.39, 0.29) is 12.1 Å². The Morgan fingerprint density at radius 2 is 1.94 bits per heavy atom. The Hall–Kier alpha value is -1.00. The molecule has 0 amide bonds. The van der Waals surface area contributed by atoms with E-state index in [2.05, 4.69) is 5.32 Å². The summed E-state index contributed by atoms with van der Waals surface area (Å²) in [6, 6.07) is 3.98. The second-order valence-corrected chi connectivity index (χ2v) is 4.24. The first-order chi connectivity index (χ1) is 8.02. The molecule has 4 heteroatoms. The van der Waals surface area contributed by atoms with E-state index in [9.17, 15) is 8.78 Å². The average molecular weight is 243 g/mol. The van der Waals surface area contributed by atoms with Crippen LogP contribution in [0.1, 0.15) is 32.4 Å². The van der Waals surface area contributed by atoms with Crippen molar-refractivity contribution in [3.05, 3.63) is 35.4 Å². The van der Waals surface area contributed by atoms with E-state index in [1.807, 2.05) is 13.8 Å². The van der Waals surface area contributed by atoms with E-state index < -0.39 is 11.6 Å². The Labute approximate surface area is 101 Å². The highest BCUT2D eigenvalue weighted by molar-refractivity contribution is 5.21. The molecule has 0 spiro atoms. The second kappa shape index (κ2) is 6.67. The fourth-order valence-electron chi connectivity index (χ4n) is 1.53. The molecule has 1 atom stereocenters. The van der Waals surface area contributed by atoms with Crippen LogP contribution in [0, 0.1) is 11.6 Å². The van der Waals surface area contributed by atoms with Gasteiger partial charge in [0.25, 0.3) is 0 Å². The molecule has 0 aromatic heterocycles. The third kappa shape index (κ3) is 4.40. The summed E-state index contributed by atoms with van der Waals surface area (Å²) in [5.41, 5.74) is 0.342. The van der Waals surface area contributed by atoms with Crippen LogP contribution in [-0.2, 0) is 4.74 Å². The lowest BCUT2D eigenvalue weighted by molar-refractivity contribution is 0.0795. The van der Waals surface area contributed by atoms with E-state index in [0.29, 0.717) is 18.7 Å². The van der Waals surface area contributed by atoms with Crippen molar-refractivity contribution in [1.82, 2.24) is 5.32 Å². The molecule has 1 aromatic rings. The lowest BCUT2D eigenvalue weighted by Crippen LogP contribution is -2.25. The molecular formula is C13H19F2NO. The van der Waals surface area contributed by atoms with Gasteiger partial charge in [-0.15, -0.1) is 0 Å². The van der Waals surface area contributed by atoms with Crippen molar-refractivity contribution in [3.8, 4) is 0 Å². The van der Waals surface area contributed by atoms with Gasteiger partial charge in [-0.3, -0.25) is 0 Å². The summed E-state index contributed by atoms with van der Waals surface area (Å²) in [5, 5.41) is 3.09. The maximum atomic E-state index is 13.4. The van der Waals surface area contributed by atoms with Crippen LogP contribution in [0.15, 0.2) is 18.2 Å². The summed E-state index contributed by atoms with van der Waals surface area (Å²) in [4.78, 5) is 0. The minimum absolute atomic E-state index is 0.179. The van der Waals surface area contributed by atoms with Crippen LogP contribution in [0.4, 0.5) is 8.78 Å². The van der Waals surface area contributed by atoms with Crippen molar-refractivity contribution in [3.63, 3.8) is 0 Å². The topological polar surface area (TPSA) is 21.3 Å². The van der Waals surface area contributed by atoms with E-state index in [1.165, 1.54) is 6.07 Å². The van der Waals surface area contributed by atoms with Gasteiger partial charge >= 0.3 is 0 Å². The summed E-state index contributed by atoms with van der Waals surface area (Å²) in [7, 11) is 0. The number of hydrogen-bond donors (Lipinski definition) is 1. The maximum absolute atomic E-state index is 13.4. The number of benzene rings is 1. The van der Waals surface area contributed by atoms with Crippen molar-refractivity contribution in [1.29, 1.82) is 0 Å². The fourth-order valence-corrected chi connectivity index (χ4v) is 1.53. The predicted molar refractivity (Wildman–Crippen MR) is 63.9 cm³/mol. The zero-order valence-corrected chi connectivity index (χ0v) is 10.5. The molecule has 0 aliphatic rings. The standard InChI is InChI=1S/C13H19F2NO/c1-9(2)17-8-7-16-10(3)11-5-4-6-12(14)13(11)15/h4-6,9-10,16H,7-8H2,1-3H3. The van der Waals surface area contributed by atoms with Gasteiger partial charge in [0, 0.05) is 18.2 Å². The largest absolute Gasteiger partial charge is 0.377 e. The van der Waals surface area contributed by atoms with Crippen LogP contribution in [0.25, 0.3) is 0 Å². The summed E-state index contributed by atoms with van der Waals surface area (Å²) in [6.45, 7) is 6.87. The van der Waals surface area contributed by atoms with Gasteiger partial charge in [0.15, 0.2) is 11.6 Å². The summed E-state index contributed by atoms with van der Waals surface area (Å²) >= 11 is 0. The molecule has 2 nitrogen and oxygen atoms in total. The van der Waals surface area contributed by atoms with Crippen molar-refractivity contribution < 1.29 is 13.5 Å². The Balaban J connectivity index is 2.47. The third-order valence-corrected chi connectivity index (χ3v) is 2.45. The molecule has 1 rings (SSSR count). The number of ether oxygens (including phenoxy) is 1. The van der Waals surface area contributed by atoms with E-state index >= 15 is 0 Å². The first-order valence-electron chi connectivity index (χ1n) is 5.81. The van der Waals surface area contributed by atoms with Crippen molar-refractivity contribution in [2.24, 2.45) is 0 Å². The smallest absolute Gasteiger partial charge is 0.163 e. The maximum Gasteiger partial charge on any atom is 0.163 e.